The molecule has 2 rings (SSSR count). The van der Waals surface area contributed by atoms with E-state index in [4.69, 9.17) is 0 Å². The minimum atomic E-state index is -0.858. The van der Waals surface area contributed by atoms with Crippen molar-refractivity contribution in [3.63, 3.8) is 0 Å². The third-order valence-electron chi connectivity index (χ3n) is 4.54. The molecule has 1 aliphatic heterocycles. The van der Waals surface area contributed by atoms with E-state index in [2.05, 4.69) is 29.7 Å². The Labute approximate surface area is 149 Å². The van der Waals surface area contributed by atoms with Crippen LogP contribution in [0.1, 0.15) is 51.5 Å². The van der Waals surface area contributed by atoms with Crippen molar-refractivity contribution in [1.82, 2.24) is 15.5 Å². The number of imide groups is 1. The highest BCUT2D eigenvalue weighted by Crippen LogP contribution is 2.18. The van der Waals surface area contributed by atoms with Crippen LogP contribution in [0.25, 0.3) is 0 Å². The van der Waals surface area contributed by atoms with Crippen molar-refractivity contribution in [3.8, 4) is 0 Å². The van der Waals surface area contributed by atoms with E-state index in [1.807, 2.05) is 18.2 Å². The Bertz CT molecular complexity index is 628. The molecule has 6 heteroatoms. The third-order valence-corrected chi connectivity index (χ3v) is 4.54. The summed E-state index contributed by atoms with van der Waals surface area (Å²) >= 11 is 0. The first-order valence-corrected chi connectivity index (χ1v) is 8.81. The average molecular weight is 345 g/mol. The number of carbonyl (C=O) groups is 3. The Morgan fingerprint density at radius 1 is 1.24 bits per heavy atom. The number of nitrogens with zero attached hydrogens (tertiary/aromatic N) is 1. The predicted octanol–water partition coefficient (Wildman–Crippen LogP) is 2.41. The normalized spacial score (nSPS) is 17.3. The second-order valence-electron chi connectivity index (χ2n) is 6.94. The first-order chi connectivity index (χ1) is 11.8. The van der Waals surface area contributed by atoms with Crippen LogP contribution in [-0.2, 0) is 9.59 Å². The number of nitrogens with one attached hydrogen (secondary N) is 2. The molecule has 0 spiro atoms. The fourth-order valence-corrected chi connectivity index (χ4v) is 2.97. The summed E-state index contributed by atoms with van der Waals surface area (Å²) in [4.78, 5) is 37.1. The predicted molar refractivity (Wildman–Crippen MR) is 96.0 cm³/mol. The minimum Gasteiger partial charge on any atom is -0.355 e. The lowest BCUT2D eigenvalue weighted by Crippen LogP contribution is -2.40. The van der Waals surface area contributed by atoms with Crippen molar-refractivity contribution < 1.29 is 14.4 Å². The molecule has 1 aromatic rings. The van der Waals surface area contributed by atoms with E-state index in [1.165, 1.54) is 10.5 Å². The van der Waals surface area contributed by atoms with E-state index in [0.29, 0.717) is 19.4 Å². The zero-order chi connectivity index (χ0) is 18.4. The molecule has 1 unspecified atom stereocenters. The van der Waals surface area contributed by atoms with Crippen LogP contribution in [0.4, 0.5) is 4.79 Å². The quantitative estimate of drug-likeness (QED) is 0.710. The van der Waals surface area contributed by atoms with E-state index >= 15 is 0 Å². The standard InChI is InChI=1S/C19H27N3O3/c1-4-14(15-9-6-5-7-10-15)13-20-16(23)11-8-12-22-17(24)19(2,3)21-18(22)25/h5-7,9-10,14H,4,8,11-13H2,1-3H3,(H,20,23)(H,21,25). The maximum atomic E-state index is 12.1. The van der Waals surface area contributed by atoms with Crippen LogP contribution in [0.5, 0.6) is 0 Å². The van der Waals surface area contributed by atoms with E-state index < -0.39 is 5.54 Å². The van der Waals surface area contributed by atoms with Gasteiger partial charge in [-0.2, -0.15) is 0 Å². The Kier molecular flexibility index (Phi) is 6.17. The molecule has 1 fully saturated rings. The summed E-state index contributed by atoms with van der Waals surface area (Å²) in [5, 5.41) is 5.59. The molecule has 0 radical (unpaired) electrons. The van der Waals surface area contributed by atoms with Gasteiger partial charge in [0.25, 0.3) is 5.91 Å². The topological polar surface area (TPSA) is 78.5 Å². The molecule has 0 saturated carbocycles. The number of urea groups is 1. The highest BCUT2D eigenvalue weighted by Gasteiger charge is 2.43. The summed E-state index contributed by atoms with van der Waals surface area (Å²) in [7, 11) is 0. The lowest BCUT2D eigenvalue weighted by atomic mass is 9.96. The molecular formula is C19H27N3O3. The second kappa shape index (κ2) is 8.14. The van der Waals surface area contributed by atoms with Crippen molar-refractivity contribution in [1.29, 1.82) is 0 Å². The van der Waals surface area contributed by atoms with Crippen LogP contribution < -0.4 is 10.6 Å². The summed E-state index contributed by atoms with van der Waals surface area (Å²) in [6, 6.07) is 9.73. The molecular weight excluding hydrogens is 318 g/mol. The van der Waals surface area contributed by atoms with Crippen LogP contribution in [0, 0.1) is 0 Å². The summed E-state index contributed by atoms with van der Waals surface area (Å²) < 4.78 is 0. The van der Waals surface area contributed by atoms with Crippen molar-refractivity contribution in [2.75, 3.05) is 13.1 Å². The Morgan fingerprint density at radius 2 is 1.92 bits per heavy atom. The lowest BCUT2D eigenvalue weighted by molar-refractivity contribution is -0.130. The van der Waals surface area contributed by atoms with Gasteiger partial charge in [-0.05, 0) is 32.3 Å². The molecule has 6 nitrogen and oxygen atoms in total. The van der Waals surface area contributed by atoms with Crippen LogP contribution in [0.3, 0.4) is 0 Å². The van der Waals surface area contributed by atoms with E-state index in [0.717, 1.165) is 6.42 Å². The molecule has 0 aliphatic carbocycles. The smallest absolute Gasteiger partial charge is 0.325 e. The SMILES string of the molecule is CCC(CNC(=O)CCCN1C(=O)NC(C)(C)C1=O)c1ccccc1. The number of amides is 4. The van der Waals surface area contributed by atoms with Gasteiger partial charge in [0.2, 0.25) is 5.91 Å². The van der Waals surface area contributed by atoms with Crippen molar-refractivity contribution in [2.45, 2.75) is 51.5 Å². The molecule has 2 N–H and O–H groups in total. The van der Waals surface area contributed by atoms with Gasteiger partial charge in [-0.25, -0.2) is 4.79 Å². The molecule has 0 bridgehead atoms. The minimum absolute atomic E-state index is 0.0549. The number of carbonyl (C=O) groups excluding carboxylic acids is 3. The fraction of sp³-hybridized carbons (Fsp3) is 0.526. The van der Waals surface area contributed by atoms with Crippen LogP contribution in [0.15, 0.2) is 30.3 Å². The van der Waals surface area contributed by atoms with Crippen molar-refractivity contribution in [3.05, 3.63) is 35.9 Å². The van der Waals surface area contributed by atoms with Gasteiger partial charge in [-0.15, -0.1) is 0 Å². The molecule has 1 saturated heterocycles. The maximum absolute atomic E-state index is 12.1. The van der Waals surface area contributed by atoms with Gasteiger partial charge in [-0.1, -0.05) is 37.3 Å². The van der Waals surface area contributed by atoms with E-state index in [9.17, 15) is 14.4 Å². The molecule has 1 aromatic carbocycles. The zero-order valence-electron chi connectivity index (χ0n) is 15.2. The summed E-state index contributed by atoms with van der Waals surface area (Å²) in [6.45, 7) is 6.30. The summed E-state index contributed by atoms with van der Waals surface area (Å²) in [6.07, 6.45) is 1.70. The first-order valence-electron chi connectivity index (χ1n) is 8.81. The zero-order valence-corrected chi connectivity index (χ0v) is 15.2. The molecule has 1 atom stereocenters. The Balaban J connectivity index is 1.74. The third kappa shape index (κ3) is 4.81. The first kappa shape index (κ1) is 19.0. The molecule has 1 aliphatic rings. The monoisotopic (exact) mass is 345 g/mol. The highest BCUT2D eigenvalue weighted by molar-refractivity contribution is 6.06. The van der Waals surface area contributed by atoms with Gasteiger partial charge < -0.3 is 10.6 Å². The van der Waals surface area contributed by atoms with Crippen LogP contribution in [0.2, 0.25) is 0 Å². The van der Waals surface area contributed by atoms with Crippen molar-refractivity contribution in [2.24, 2.45) is 0 Å². The fourth-order valence-electron chi connectivity index (χ4n) is 2.97. The van der Waals surface area contributed by atoms with E-state index in [-0.39, 0.29) is 30.3 Å². The largest absolute Gasteiger partial charge is 0.355 e. The van der Waals surface area contributed by atoms with Crippen LogP contribution >= 0.6 is 0 Å². The molecule has 25 heavy (non-hydrogen) atoms. The van der Waals surface area contributed by atoms with Gasteiger partial charge >= 0.3 is 6.03 Å². The average Bonchev–Trinajstić information content (AvgIpc) is 2.78. The summed E-state index contributed by atoms with van der Waals surface area (Å²) in [5.41, 5.74) is 0.357. The number of benzene rings is 1. The lowest BCUT2D eigenvalue weighted by Gasteiger charge is -2.17. The number of hydrogen-bond donors (Lipinski definition) is 2. The van der Waals surface area contributed by atoms with Gasteiger partial charge in [-0.3, -0.25) is 14.5 Å². The van der Waals surface area contributed by atoms with Gasteiger partial charge in [0.1, 0.15) is 5.54 Å². The van der Waals surface area contributed by atoms with Gasteiger partial charge in [0.05, 0.1) is 0 Å². The highest BCUT2D eigenvalue weighted by atomic mass is 16.2. The van der Waals surface area contributed by atoms with Gasteiger partial charge in [0.15, 0.2) is 0 Å². The molecule has 4 amide bonds. The number of rotatable bonds is 8. The molecule has 1 heterocycles. The number of hydrogen-bond acceptors (Lipinski definition) is 3. The second-order valence-corrected chi connectivity index (χ2v) is 6.94. The Hall–Kier alpha value is -2.37. The van der Waals surface area contributed by atoms with Gasteiger partial charge in [0, 0.05) is 25.4 Å². The Morgan fingerprint density at radius 3 is 2.48 bits per heavy atom. The van der Waals surface area contributed by atoms with Crippen LogP contribution in [-0.4, -0.2) is 41.4 Å². The maximum Gasteiger partial charge on any atom is 0.325 e. The van der Waals surface area contributed by atoms with E-state index in [1.54, 1.807) is 13.8 Å². The summed E-state index contributed by atoms with van der Waals surface area (Å²) in [5.74, 6) is -0.00869. The van der Waals surface area contributed by atoms with Crippen molar-refractivity contribution >= 4 is 17.8 Å². The molecule has 0 aromatic heterocycles. The molecule has 136 valence electrons.